The van der Waals surface area contributed by atoms with Crippen molar-refractivity contribution in [2.45, 2.75) is 18.9 Å². The van der Waals surface area contributed by atoms with Gasteiger partial charge in [-0.1, -0.05) is 22.4 Å². The molecule has 17 heteroatoms. The first-order valence-corrected chi connectivity index (χ1v) is 16.7. The minimum absolute atomic E-state index is 0.132. The van der Waals surface area contributed by atoms with Crippen LogP contribution in [0.1, 0.15) is 13.3 Å². The lowest BCUT2D eigenvalue weighted by molar-refractivity contribution is -0.657. The monoisotopic (exact) mass is 705 g/mol. The molecule has 0 fully saturated rings. The predicted octanol–water partition coefficient (Wildman–Crippen LogP) is 4.68. The van der Waals surface area contributed by atoms with E-state index in [1.807, 2.05) is 127 Å². The maximum absolute atomic E-state index is 9.68. The van der Waals surface area contributed by atoms with Gasteiger partial charge in [0.1, 0.15) is 11.2 Å². The Balaban J connectivity index is 1.13. The van der Waals surface area contributed by atoms with Crippen molar-refractivity contribution in [2.75, 3.05) is 47.2 Å². The number of rotatable bonds is 15. The van der Waals surface area contributed by atoms with E-state index in [2.05, 4.69) is 56.3 Å². The zero-order chi connectivity index (χ0) is 36.5. The predicted molar refractivity (Wildman–Crippen MR) is 197 cm³/mol. The van der Waals surface area contributed by atoms with Crippen LogP contribution in [0, 0.1) is 0 Å². The number of aryl methyl sites for hydroxylation is 3. The lowest BCUT2D eigenvalue weighted by Gasteiger charge is -2.23. The lowest BCUT2D eigenvalue weighted by Crippen LogP contribution is -2.32. The number of aromatic amines is 1. The number of benzene rings is 2. The molecule has 1 aliphatic rings. The summed E-state index contributed by atoms with van der Waals surface area (Å²) in [7, 11) is 5.75. The van der Waals surface area contributed by atoms with Gasteiger partial charge in [0.25, 0.3) is 0 Å². The Bertz CT molecular complexity index is 2060. The Hall–Kier alpha value is -6.33. The number of azo groups is 2. The molecule has 268 valence electrons. The average molecular weight is 706 g/mol. The van der Waals surface area contributed by atoms with E-state index in [0.29, 0.717) is 30.2 Å². The number of allylic oxidation sites excluding steroid dienone is 1. The summed E-state index contributed by atoms with van der Waals surface area (Å²) >= 11 is 0. The van der Waals surface area contributed by atoms with Crippen LogP contribution in [0.3, 0.4) is 0 Å². The second-order valence-electron chi connectivity index (χ2n) is 12.4. The molecule has 2 aromatic carbocycles. The highest BCUT2D eigenvalue weighted by atomic mass is 16.3. The van der Waals surface area contributed by atoms with Gasteiger partial charge in [-0.3, -0.25) is 0 Å². The highest BCUT2D eigenvalue weighted by Gasteiger charge is 2.26. The quantitative estimate of drug-likeness (QED) is 0.0662. The fourth-order valence-electron chi connectivity index (χ4n) is 5.22. The van der Waals surface area contributed by atoms with Gasteiger partial charge in [0, 0.05) is 46.1 Å². The van der Waals surface area contributed by atoms with E-state index in [4.69, 9.17) is 0 Å². The van der Waals surface area contributed by atoms with E-state index >= 15 is 0 Å². The van der Waals surface area contributed by atoms with Crippen LogP contribution in [-0.4, -0.2) is 66.6 Å². The molecule has 0 radical (unpaired) electrons. The second-order valence-corrected chi connectivity index (χ2v) is 12.4. The molecule has 0 saturated carbocycles. The minimum atomic E-state index is -0.518. The Morgan fingerprint density at radius 1 is 0.846 bits per heavy atom. The lowest BCUT2D eigenvalue weighted by atomic mass is 9.94. The Kier molecular flexibility index (Phi) is 11.0. The summed E-state index contributed by atoms with van der Waals surface area (Å²) < 4.78 is 5.67. The van der Waals surface area contributed by atoms with E-state index in [0.717, 1.165) is 34.4 Å². The molecule has 1 unspecified atom stereocenters. The van der Waals surface area contributed by atoms with Crippen LogP contribution >= 0.6 is 0 Å². The number of anilines is 6. The van der Waals surface area contributed by atoms with Gasteiger partial charge < -0.3 is 31.1 Å². The largest absolute Gasteiger partial charge is 0.420 e. The first kappa shape index (κ1) is 35.5. The van der Waals surface area contributed by atoms with E-state index in [1.165, 1.54) is 0 Å². The number of H-pyrrole nitrogens is 1. The summed E-state index contributed by atoms with van der Waals surface area (Å²) in [5.74, 6) is 2.30. The normalized spacial score (nSPS) is 15.7. The van der Waals surface area contributed by atoms with Gasteiger partial charge in [-0.05, 0) is 68.0 Å². The van der Waals surface area contributed by atoms with Crippen molar-refractivity contribution in [1.29, 1.82) is 0 Å². The summed E-state index contributed by atoms with van der Waals surface area (Å²) in [5, 5.41) is 46.9. The molecule has 3 heterocycles. The van der Waals surface area contributed by atoms with Gasteiger partial charge in [-0.2, -0.15) is 15.0 Å². The number of aliphatic hydroxyl groups is 2. The molecule has 0 aliphatic heterocycles. The van der Waals surface area contributed by atoms with Gasteiger partial charge in [0.15, 0.2) is 0 Å². The van der Waals surface area contributed by atoms with Crippen molar-refractivity contribution in [3.05, 3.63) is 97.2 Å². The summed E-state index contributed by atoms with van der Waals surface area (Å²) in [6.07, 6.45) is 14.1. The summed E-state index contributed by atoms with van der Waals surface area (Å²) in [6.45, 7) is 2.23. The van der Waals surface area contributed by atoms with Gasteiger partial charge in [0.2, 0.25) is 17.8 Å². The fraction of sp³-hybridized carbons (Fsp3) is 0.286. The van der Waals surface area contributed by atoms with E-state index < -0.39 is 5.54 Å². The summed E-state index contributed by atoms with van der Waals surface area (Å²) in [6, 6.07) is 15.4. The number of nitrogens with one attached hydrogen (secondary N) is 4. The van der Waals surface area contributed by atoms with Crippen molar-refractivity contribution in [3.8, 4) is 0 Å². The van der Waals surface area contributed by atoms with Crippen LogP contribution in [-0.2, 0) is 21.1 Å². The molecule has 6 rings (SSSR count). The molecule has 1 atom stereocenters. The van der Waals surface area contributed by atoms with Gasteiger partial charge in [0.05, 0.1) is 59.1 Å². The number of imidazole rings is 2. The van der Waals surface area contributed by atoms with E-state index in [9.17, 15) is 10.2 Å². The molecule has 0 bridgehead atoms. The molecular weight excluding hydrogens is 662 g/mol. The van der Waals surface area contributed by atoms with E-state index in [-0.39, 0.29) is 26.3 Å². The molecule has 0 spiro atoms. The van der Waals surface area contributed by atoms with Crippen LogP contribution in [0.5, 0.6) is 0 Å². The van der Waals surface area contributed by atoms with E-state index in [1.54, 1.807) is 11.1 Å². The maximum atomic E-state index is 9.68. The zero-order valence-electron chi connectivity index (χ0n) is 29.5. The summed E-state index contributed by atoms with van der Waals surface area (Å²) in [5.41, 5.74) is 3.54. The Morgan fingerprint density at radius 2 is 1.50 bits per heavy atom. The topological polar surface area (TPSA) is 196 Å². The molecule has 52 heavy (non-hydrogen) atoms. The standard InChI is InChI=1S/C35H41N15O2/c1-35(46-45-34-48(3)19-20-49(34)4)15-13-28(14-16-35)39-31-40-30(41-33(42-31)50(21-23-51)22-24-52)38-27-7-5-25(6-8-27)37-26-9-11-29(12-10-26)43-44-32-36-17-18-47(32)2/h5-15,17-20,46,51-52H,16,21-24H2,1-4H3,(H,39,40,41,42)/p+2. The Labute approximate surface area is 300 Å². The average Bonchev–Trinajstić information content (AvgIpc) is 3.71. The molecule has 5 aromatic rings. The molecule has 17 nitrogen and oxygen atoms in total. The molecular formula is C35H43N15O2+2. The van der Waals surface area contributed by atoms with Gasteiger partial charge >= 0.3 is 11.9 Å². The third kappa shape index (κ3) is 9.06. The third-order valence-corrected chi connectivity index (χ3v) is 8.17. The molecule has 0 saturated heterocycles. The van der Waals surface area contributed by atoms with Crippen molar-refractivity contribution < 1.29 is 19.3 Å². The molecule has 3 aromatic heterocycles. The molecule has 6 N–H and O–H groups in total. The first-order chi connectivity index (χ1) is 25.2. The van der Waals surface area contributed by atoms with Crippen LogP contribution < -0.4 is 30.0 Å². The number of nitrogens with zero attached hydrogens (tertiary/aromatic N) is 11. The Morgan fingerprint density at radius 3 is 2.08 bits per heavy atom. The van der Waals surface area contributed by atoms with Crippen molar-refractivity contribution >= 4 is 52.5 Å². The summed E-state index contributed by atoms with van der Waals surface area (Å²) in [4.78, 5) is 18.6. The highest BCUT2D eigenvalue weighted by Crippen LogP contribution is 2.28. The van der Waals surface area contributed by atoms with Crippen molar-refractivity contribution in [3.63, 3.8) is 0 Å². The van der Waals surface area contributed by atoms with Gasteiger partial charge in [-0.25, -0.2) is 18.7 Å². The van der Waals surface area contributed by atoms with Crippen molar-refractivity contribution in [1.82, 2.24) is 24.5 Å². The number of aliphatic hydroxyl groups excluding tert-OH is 2. The number of aromatic nitrogens is 7. The smallest absolute Gasteiger partial charge is 0.395 e. The third-order valence-electron chi connectivity index (χ3n) is 8.17. The van der Waals surface area contributed by atoms with Crippen LogP contribution in [0.25, 0.3) is 0 Å². The van der Waals surface area contributed by atoms with Crippen LogP contribution in [0.15, 0.2) is 118 Å². The van der Waals surface area contributed by atoms with Crippen LogP contribution in [0.4, 0.5) is 52.5 Å². The molecule has 0 amide bonds. The number of hydrogen-bond acceptors (Lipinski definition) is 13. The maximum Gasteiger partial charge on any atom is 0.420 e. The molecule has 1 aliphatic carbocycles. The SMILES string of the molecule is Cn1cc[n+](C)c1N=NC1(C)C=CC(Nc2nc(Nc3ccc(Nc4ccc(N=Nc5[nH]cc[n+]5C)cc4)cc3)nc(N(CCO)CCO)n2)=CC1. The van der Waals surface area contributed by atoms with Gasteiger partial charge in [-0.15, -0.1) is 0 Å². The highest BCUT2D eigenvalue weighted by molar-refractivity contribution is 5.65. The fourth-order valence-corrected chi connectivity index (χ4v) is 5.22. The number of hydrogen-bond donors (Lipinski definition) is 6. The first-order valence-electron chi connectivity index (χ1n) is 16.7. The zero-order valence-corrected chi connectivity index (χ0v) is 29.5. The second kappa shape index (κ2) is 16.1. The minimum Gasteiger partial charge on any atom is -0.395 e. The van der Waals surface area contributed by atoms with Crippen LogP contribution in [0.2, 0.25) is 0 Å². The van der Waals surface area contributed by atoms with Crippen molar-refractivity contribution in [2.24, 2.45) is 41.6 Å².